The monoisotopic (exact) mass is 447 g/mol. The molecule has 3 heterocycles. The van der Waals surface area contributed by atoms with Gasteiger partial charge in [0.1, 0.15) is 5.65 Å². The molecule has 1 aliphatic heterocycles. The topological polar surface area (TPSA) is 52.9 Å². The summed E-state index contributed by atoms with van der Waals surface area (Å²) in [6, 6.07) is 15.0. The zero-order valence-corrected chi connectivity index (χ0v) is 20.4. The summed E-state index contributed by atoms with van der Waals surface area (Å²) in [5.74, 6) is 0.638. The minimum atomic E-state index is -0.0160. The summed E-state index contributed by atoms with van der Waals surface area (Å²) >= 11 is 0. The smallest absolute Gasteiger partial charge is 0.274 e. The SMILES string of the molecule is Cc1cccn2c(CNCC3CCN(C(C)C)C3)c(C(=O)N(C)CCc3ccccc3)nc12. The number of nitrogens with zero attached hydrogens (tertiary/aromatic N) is 4. The molecule has 33 heavy (non-hydrogen) atoms. The fraction of sp³-hybridized carbons (Fsp3) is 0.481. The number of amides is 1. The van der Waals surface area contributed by atoms with Gasteiger partial charge in [0.2, 0.25) is 0 Å². The normalized spacial score (nSPS) is 16.7. The summed E-state index contributed by atoms with van der Waals surface area (Å²) in [5.41, 5.74) is 4.68. The molecular formula is C27H37N5O. The maximum atomic E-state index is 13.4. The van der Waals surface area contributed by atoms with Crippen LogP contribution in [0.5, 0.6) is 0 Å². The Kier molecular flexibility index (Phi) is 7.46. The highest BCUT2D eigenvalue weighted by molar-refractivity contribution is 5.94. The van der Waals surface area contributed by atoms with Crippen molar-refractivity contribution >= 4 is 11.6 Å². The third-order valence-corrected chi connectivity index (χ3v) is 6.85. The fourth-order valence-electron chi connectivity index (χ4n) is 4.71. The third kappa shape index (κ3) is 5.45. The van der Waals surface area contributed by atoms with Crippen LogP contribution in [-0.4, -0.2) is 64.4 Å². The van der Waals surface area contributed by atoms with E-state index < -0.39 is 0 Å². The molecule has 1 atom stereocenters. The Morgan fingerprint density at radius 2 is 2.00 bits per heavy atom. The molecule has 1 aromatic carbocycles. The average Bonchev–Trinajstić information content (AvgIpc) is 3.44. The molecule has 0 bridgehead atoms. The Morgan fingerprint density at radius 1 is 1.21 bits per heavy atom. The van der Waals surface area contributed by atoms with Crippen LogP contribution in [0.3, 0.4) is 0 Å². The average molecular weight is 448 g/mol. The summed E-state index contributed by atoms with van der Waals surface area (Å²) in [5, 5.41) is 3.63. The molecule has 0 saturated carbocycles. The van der Waals surface area contributed by atoms with Gasteiger partial charge < -0.3 is 19.5 Å². The van der Waals surface area contributed by atoms with E-state index in [1.807, 2.05) is 50.5 Å². The largest absolute Gasteiger partial charge is 0.340 e. The van der Waals surface area contributed by atoms with Crippen molar-refractivity contribution in [2.24, 2.45) is 5.92 Å². The standard InChI is InChI=1S/C27H37N5O/c1-20(2)31-16-13-23(19-31)17-28-18-24-25(29-26-21(3)9-8-14-32(24)26)27(33)30(4)15-12-22-10-6-5-7-11-22/h5-11,14,20,23,28H,12-13,15-19H2,1-4H3. The van der Waals surface area contributed by atoms with Crippen molar-refractivity contribution in [2.75, 3.05) is 33.2 Å². The Bertz CT molecular complexity index is 1070. The van der Waals surface area contributed by atoms with Crippen LogP contribution >= 0.6 is 0 Å². The first-order chi connectivity index (χ1) is 15.9. The van der Waals surface area contributed by atoms with E-state index in [1.54, 1.807) is 4.90 Å². The van der Waals surface area contributed by atoms with E-state index in [9.17, 15) is 4.79 Å². The molecule has 6 nitrogen and oxygen atoms in total. The first kappa shape index (κ1) is 23.5. The maximum absolute atomic E-state index is 13.4. The highest BCUT2D eigenvalue weighted by Crippen LogP contribution is 2.20. The predicted molar refractivity (Wildman–Crippen MR) is 134 cm³/mol. The van der Waals surface area contributed by atoms with Crippen LogP contribution in [-0.2, 0) is 13.0 Å². The van der Waals surface area contributed by atoms with E-state index >= 15 is 0 Å². The molecule has 1 fully saturated rings. The van der Waals surface area contributed by atoms with Crippen molar-refractivity contribution in [3.8, 4) is 0 Å². The van der Waals surface area contributed by atoms with Crippen LogP contribution in [0.1, 0.15) is 47.6 Å². The molecule has 0 spiro atoms. The molecule has 0 radical (unpaired) electrons. The van der Waals surface area contributed by atoms with Gasteiger partial charge in [-0.15, -0.1) is 0 Å². The number of carbonyl (C=O) groups excluding carboxylic acids is 1. The summed E-state index contributed by atoms with van der Waals surface area (Å²) in [7, 11) is 1.87. The number of aryl methyl sites for hydroxylation is 1. The van der Waals surface area contributed by atoms with Gasteiger partial charge in [-0.1, -0.05) is 36.4 Å². The second-order valence-electron chi connectivity index (χ2n) is 9.63. The number of likely N-dealkylation sites (tertiary alicyclic amines) is 1. The predicted octanol–water partition coefficient (Wildman–Crippen LogP) is 3.78. The minimum Gasteiger partial charge on any atom is -0.340 e. The van der Waals surface area contributed by atoms with Gasteiger partial charge in [-0.25, -0.2) is 4.98 Å². The third-order valence-electron chi connectivity index (χ3n) is 6.85. The summed E-state index contributed by atoms with van der Waals surface area (Å²) in [6.07, 6.45) is 4.08. The first-order valence-corrected chi connectivity index (χ1v) is 12.1. The van der Waals surface area contributed by atoms with Gasteiger partial charge in [-0.3, -0.25) is 4.79 Å². The number of nitrogens with one attached hydrogen (secondary N) is 1. The highest BCUT2D eigenvalue weighted by Gasteiger charge is 2.25. The van der Waals surface area contributed by atoms with Gasteiger partial charge in [0.05, 0.1) is 5.69 Å². The van der Waals surface area contributed by atoms with Crippen LogP contribution in [0.4, 0.5) is 0 Å². The van der Waals surface area contributed by atoms with Gasteiger partial charge in [-0.05, 0) is 69.8 Å². The van der Waals surface area contributed by atoms with Crippen LogP contribution in [0.15, 0.2) is 48.7 Å². The molecule has 1 aliphatic rings. The maximum Gasteiger partial charge on any atom is 0.274 e. The number of imidazole rings is 1. The minimum absolute atomic E-state index is 0.0160. The molecule has 1 saturated heterocycles. The molecule has 1 amide bonds. The van der Waals surface area contributed by atoms with E-state index in [-0.39, 0.29) is 5.91 Å². The lowest BCUT2D eigenvalue weighted by Gasteiger charge is -2.20. The lowest BCUT2D eigenvalue weighted by Crippen LogP contribution is -2.32. The zero-order chi connectivity index (χ0) is 23.4. The summed E-state index contributed by atoms with van der Waals surface area (Å²) in [4.78, 5) is 22.6. The van der Waals surface area contributed by atoms with Crippen LogP contribution in [0.2, 0.25) is 0 Å². The van der Waals surface area contributed by atoms with E-state index in [0.717, 1.165) is 36.4 Å². The number of hydrogen-bond acceptors (Lipinski definition) is 4. The van der Waals surface area contributed by atoms with Crippen molar-refractivity contribution < 1.29 is 4.79 Å². The number of fused-ring (bicyclic) bond motifs is 1. The number of carbonyl (C=O) groups is 1. The van der Waals surface area contributed by atoms with Crippen LogP contribution in [0, 0.1) is 12.8 Å². The number of aromatic nitrogens is 2. The molecular weight excluding hydrogens is 410 g/mol. The number of pyridine rings is 1. The van der Waals surface area contributed by atoms with Gasteiger partial charge in [0.25, 0.3) is 5.91 Å². The first-order valence-electron chi connectivity index (χ1n) is 12.1. The lowest BCUT2D eigenvalue weighted by molar-refractivity contribution is 0.0790. The van der Waals surface area contributed by atoms with Crippen molar-refractivity contribution in [2.45, 2.75) is 46.2 Å². The second kappa shape index (κ2) is 10.5. The van der Waals surface area contributed by atoms with Gasteiger partial charge in [0.15, 0.2) is 5.69 Å². The molecule has 176 valence electrons. The number of likely N-dealkylation sites (N-methyl/N-ethyl adjacent to an activating group) is 1. The lowest BCUT2D eigenvalue weighted by atomic mass is 10.1. The van der Waals surface area contributed by atoms with E-state index in [4.69, 9.17) is 4.98 Å². The molecule has 1 N–H and O–H groups in total. The van der Waals surface area contributed by atoms with Crippen molar-refractivity contribution in [3.63, 3.8) is 0 Å². The van der Waals surface area contributed by atoms with Gasteiger partial charge >= 0.3 is 0 Å². The molecule has 2 aromatic heterocycles. The summed E-state index contributed by atoms with van der Waals surface area (Å²) in [6.45, 7) is 11.2. The number of rotatable bonds is 9. The molecule has 3 aromatic rings. The van der Waals surface area contributed by atoms with Gasteiger partial charge in [-0.2, -0.15) is 0 Å². The Hall–Kier alpha value is -2.70. The van der Waals surface area contributed by atoms with Crippen molar-refractivity contribution in [3.05, 3.63) is 71.2 Å². The Balaban J connectivity index is 1.47. The van der Waals surface area contributed by atoms with Crippen LogP contribution in [0.25, 0.3) is 5.65 Å². The zero-order valence-electron chi connectivity index (χ0n) is 20.4. The molecule has 0 aliphatic carbocycles. The Morgan fingerprint density at radius 3 is 2.73 bits per heavy atom. The Labute approximate surface area is 197 Å². The van der Waals surface area contributed by atoms with Crippen molar-refractivity contribution in [1.29, 1.82) is 0 Å². The number of hydrogen-bond donors (Lipinski definition) is 1. The second-order valence-corrected chi connectivity index (χ2v) is 9.63. The van der Waals surface area contributed by atoms with E-state index in [1.165, 1.54) is 18.5 Å². The molecule has 4 rings (SSSR count). The number of benzene rings is 1. The van der Waals surface area contributed by atoms with Gasteiger partial charge in [0, 0.05) is 38.9 Å². The molecule has 6 heteroatoms. The quantitative estimate of drug-likeness (QED) is 0.542. The highest BCUT2D eigenvalue weighted by atomic mass is 16.2. The van der Waals surface area contributed by atoms with E-state index in [2.05, 4.69) is 40.6 Å². The summed E-state index contributed by atoms with van der Waals surface area (Å²) < 4.78 is 2.08. The fourth-order valence-corrected chi connectivity index (χ4v) is 4.71. The van der Waals surface area contributed by atoms with Crippen LogP contribution < -0.4 is 5.32 Å². The molecule has 1 unspecified atom stereocenters. The van der Waals surface area contributed by atoms with E-state index in [0.29, 0.717) is 30.7 Å². The van der Waals surface area contributed by atoms with Crippen molar-refractivity contribution in [1.82, 2.24) is 24.5 Å².